The Morgan fingerprint density at radius 1 is 1.35 bits per heavy atom. The van der Waals surface area contributed by atoms with Gasteiger partial charge in [0.15, 0.2) is 0 Å². The zero-order valence-corrected chi connectivity index (χ0v) is 9.34. The van der Waals surface area contributed by atoms with Gasteiger partial charge in [0, 0.05) is 6.20 Å². The van der Waals surface area contributed by atoms with Gasteiger partial charge in [-0.3, -0.25) is 9.36 Å². The van der Waals surface area contributed by atoms with E-state index in [-0.39, 0.29) is 12.2 Å². The highest BCUT2D eigenvalue weighted by molar-refractivity contribution is 5.69. The number of aromatic nitrogens is 2. The van der Waals surface area contributed by atoms with E-state index in [1.807, 2.05) is 30.3 Å². The molecule has 5 heteroatoms. The first kappa shape index (κ1) is 11.2. The molecule has 1 heterocycles. The van der Waals surface area contributed by atoms with Crippen LogP contribution in [0.3, 0.4) is 0 Å². The average Bonchev–Trinajstić information content (AvgIpc) is 2.72. The van der Waals surface area contributed by atoms with Crippen LogP contribution in [0.5, 0.6) is 0 Å². The Hall–Kier alpha value is -2.30. The summed E-state index contributed by atoms with van der Waals surface area (Å²) >= 11 is 0. The average molecular weight is 232 g/mol. The molecule has 0 aliphatic carbocycles. The molecule has 0 aliphatic heterocycles. The first-order chi connectivity index (χ1) is 8.20. The fourth-order valence-electron chi connectivity index (χ4n) is 1.52. The number of rotatable bonds is 3. The van der Waals surface area contributed by atoms with Gasteiger partial charge in [-0.2, -0.15) is 0 Å². The molecule has 2 aromatic rings. The molecule has 0 aliphatic rings. The number of carbonyl (C=O) groups is 1. The van der Waals surface area contributed by atoms with E-state index >= 15 is 0 Å². The third-order valence-electron chi connectivity index (χ3n) is 2.40. The van der Waals surface area contributed by atoms with Crippen LogP contribution in [0.4, 0.5) is 0 Å². The van der Waals surface area contributed by atoms with E-state index in [1.165, 1.54) is 11.7 Å². The number of nitrogens with one attached hydrogen (secondary N) is 1. The number of carbonyl (C=O) groups excluding carboxylic acids is 1. The summed E-state index contributed by atoms with van der Waals surface area (Å²) in [5, 5.41) is 0. The predicted octanol–water partition coefficient (Wildman–Crippen LogP) is 1.02. The molecule has 0 amide bonds. The largest absolute Gasteiger partial charge is 0.468 e. The third-order valence-corrected chi connectivity index (χ3v) is 2.40. The molecule has 0 atom stereocenters. The summed E-state index contributed by atoms with van der Waals surface area (Å²) in [6.45, 7) is -0.0847. The first-order valence-corrected chi connectivity index (χ1v) is 5.12. The smallest absolute Gasteiger partial charge is 0.326 e. The van der Waals surface area contributed by atoms with E-state index in [4.69, 9.17) is 0 Å². The Kier molecular flexibility index (Phi) is 3.09. The number of hydrogen-bond acceptors (Lipinski definition) is 3. The number of imidazole rings is 1. The molecule has 0 saturated carbocycles. The van der Waals surface area contributed by atoms with Gasteiger partial charge in [-0.15, -0.1) is 0 Å². The number of benzene rings is 1. The Balaban J connectivity index is 2.31. The van der Waals surface area contributed by atoms with Crippen molar-refractivity contribution in [1.82, 2.24) is 9.55 Å². The quantitative estimate of drug-likeness (QED) is 0.803. The Morgan fingerprint density at radius 3 is 2.71 bits per heavy atom. The number of methoxy groups -OCH3 is 1. The molecule has 1 N–H and O–H groups in total. The van der Waals surface area contributed by atoms with Crippen molar-refractivity contribution in [3.8, 4) is 11.3 Å². The van der Waals surface area contributed by atoms with Gasteiger partial charge in [0.25, 0.3) is 0 Å². The van der Waals surface area contributed by atoms with Crippen molar-refractivity contribution >= 4 is 5.97 Å². The standard InChI is InChI=1S/C12H12N2O3/c1-17-11(15)8-14-7-10(13-12(14)16)9-5-3-2-4-6-9/h2-7H,8H2,1H3,(H,13,16). The molecule has 5 nitrogen and oxygen atoms in total. The molecule has 0 unspecified atom stereocenters. The van der Waals surface area contributed by atoms with E-state index in [0.717, 1.165) is 5.56 Å². The Bertz CT molecular complexity index is 569. The van der Waals surface area contributed by atoms with Crippen molar-refractivity contribution in [2.24, 2.45) is 0 Å². The van der Waals surface area contributed by atoms with Gasteiger partial charge in [-0.05, 0) is 5.56 Å². The SMILES string of the molecule is COC(=O)Cn1cc(-c2ccccc2)[nH]c1=O. The number of H-pyrrole nitrogens is 1. The maximum absolute atomic E-state index is 11.6. The van der Waals surface area contributed by atoms with Gasteiger partial charge < -0.3 is 9.72 Å². The van der Waals surface area contributed by atoms with Crippen LogP contribution in [0.25, 0.3) is 11.3 Å². The van der Waals surface area contributed by atoms with Gasteiger partial charge in [0.2, 0.25) is 0 Å². The normalized spacial score (nSPS) is 10.2. The van der Waals surface area contributed by atoms with E-state index in [0.29, 0.717) is 5.69 Å². The van der Waals surface area contributed by atoms with Crippen molar-refractivity contribution in [1.29, 1.82) is 0 Å². The molecule has 1 aromatic heterocycles. The van der Waals surface area contributed by atoms with Crippen LogP contribution in [0.2, 0.25) is 0 Å². The fraction of sp³-hybridized carbons (Fsp3) is 0.167. The van der Waals surface area contributed by atoms with Crippen LogP contribution in [0, 0.1) is 0 Å². The number of esters is 1. The maximum Gasteiger partial charge on any atom is 0.326 e. The second-order valence-corrected chi connectivity index (χ2v) is 3.54. The van der Waals surface area contributed by atoms with Crippen LogP contribution < -0.4 is 5.69 Å². The second kappa shape index (κ2) is 4.69. The molecule has 17 heavy (non-hydrogen) atoms. The third kappa shape index (κ3) is 2.44. The van der Waals surface area contributed by atoms with Crippen molar-refractivity contribution in [2.45, 2.75) is 6.54 Å². The van der Waals surface area contributed by atoms with Gasteiger partial charge in [-0.1, -0.05) is 30.3 Å². The van der Waals surface area contributed by atoms with Crippen LogP contribution >= 0.6 is 0 Å². The van der Waals surface area contributed by atoms with Gasteiger partial charge in [-0.25, -0.2) is 4.79 Å². The number of hydrogen-bond donors (Lipinski definition) is 1. The number of ether oxygens (including phenoxy) is 1. The second-order valence-electron chi connectivity index (χ2n) is 3.54. The van der Waals surface area contributed by atoms with E-state index < -0.39 is 5.97 Å². The summed E-state index contributed by atoms with van der Waals surface area (Å²) in [6.07, 6.45) is 1.61. The summed E-state index contributed by atoms with van der Waals surface area (Å²) in [7, 11) is 1.29. The molecule has 88 valence electrons. The first-order valence-electron chi connectivity index (χ1n) is 5.12. The summed E-state index contributed by atoms with van der Waals surface area (Å²) in [5.41, 5.74) is 1.25. The highest BCUT2D eigenvalue weighted by Crippen LogP contribution is 2.14. The molecule has 0 spiro atoms. The summed E-state index contributed by atoms with van der Waals surface area (Å²) in [4.78, 5) is 25.3. The molecular weight excluding hydrogens is 220 g/mol. The van der Waals surface area contributed by atoms with E-state index in [1.54, 1.807) is 6.20 Å². The van der Waals surface area contributed by atoms with Crippen molar-refractivity contribution in [2.75, 3.05) is 7.11 Å². The van der Waals surface area contributed by atoms with E-state index in [9.17, 15) is 9.59 Å². The van der Waals surface area contributed by atoms with Crippen molar-refractivity contribution in [3.63, 3.8) is 0 Å². The zero-order chi connectivity index (χ0) is 12.3. The molecule has 1 aromatic carbocycles. The predicted molar refractivity (Wildman–Crippen MR) is 62.5 cm³/mol. The van der Waals surface area contributed by atoms with Gasteiger partial charge >= 0.3 is 11.7 Å². The monoisotopic (exact) mass is 232 g/mol. The lowest BCUT2D eigenvalue weighted by Crippen LogP contribution is -2.21. The fourth-order valence-corrected chi connectivity index (χ4v) is 1.52. The lowest BCUT2D eigenvalue weighted by atomic mass is 10.2. The molecule has 0 saturated heterocycles. The molecular formula is C12H12N2O3. The number of aromatic amines is 1. The van der Waals surface area contributed by atoms with Crippen LogP contribution in [-0.4, -0.2) is 22.6 Å². The molecule has 2 rings (SSSR count). The summed E-state index contributed by atoms with van der Waals surface area (Å²) < 4.78 is 5.80. The van der Waals surface area contributed by atoms with Crippen LogP contribution in [0.1, 0.15) is 0 Å². The Labute approximate surface area is 97.7 Å². The topological polar surface area (TPSA) is 64.1 Å². The minimum atomic E-state index is -0.453. The van der Waals surface area contributed by atoms with Crippen molar-refractivity contribution in [3.05, 3.63) is 47.0 Å². The molecule has 0 bridgehead atoms. The minimum absolute atomic E-state index is 0.0847. The minimum Gasteiger partial charge on any atom is -0.468 e. The molecule has 0 radical (unpaired) electrons. The summed E-state index contributed by atoms with van der Waals surface area (Å²) in [5.74, 6) is -0.453. The zero-order valence-electron chi connectivity index (χ0n) is 9.34. The molecule has 0 fully saturated rings. The van der Waals surface area contributed by atoms with Gasteiger partial charge in [0.05, 0.1) is 12.8 Å². The van der Waals surface area contributed by atoms with Crippen LogP contribution in [-0.2, 0) is 16.1 Å². The lowest BCUT2D eigenvalue weighted by Gasteiger charge is -1.98. The van der Waals surface area contributed by atoms with E-state index in [2.05, 4.69) is 9.72 Å². The van der Waals surface area contributed by atoms with Crippen molar-refractivity contribution < 1.29 is 9.53 Å². The van der Waals surface area contributed by atoms with Crippen LogP contribution in [0.15, 0.2) is 41.3 Å². The lowest BCUT2D eigenvalue weighted by molar-refractivity contribution is -0.141. The summed E-state index contributed by atoms with van der Waals surface area (Å²) in [6, 6.07) is 9.42. The highest BCUT2D eigenvalue weighted by atomic mass is 16.5. The maximum atomic E-state index is 11.6. The van der Waals surface area contributed by atoms with Gasteiger partial charge in [0.1, 0.15) is 6.54 Å². The number of nitrogens with zero attached hydrogens (tertiary/aromatic N) is 1. The Morgan fingerprint density at radius 2 is 2.06 bits per heavy atom. The highest BCUT2D eigenvalue weighted by Gasteiger charge is 2.08.